The van der Waals surface area contributed by atoms with Crippen molar-refractivity contribution >= 4 is 5.91 Å². The van der Waals surface area contributed by atoms with Crippen molar-refractivity contribution in [2.45, 2.75) is 32.2 Å². The van der Waals surface area contributed by atoms with Gasteiger partial charge in [0, 0.05) is 19.1 Å². The molecule has 1 aromatic carbocycles. The number of methoxy groups -OCH3 is 1. The van der Waals surface area contributed by atoms with Crippen LogP contribution in [0.3, 0.4) is 0 Å². The third kappa shape index (κ3) is 5.54. The van der Waals surface area contributed by atoms with Crippen LogP contribution in [0, 0.1) is 5.92 Å². The van der Waals surface area contributed by atoms with Crippen molar-refractivity contribution in [3.05, 3.63) is 23.8 Å². The predicted octanol–water partition coefficient (Wildman–Crippen LogP) is 0.795. The number of aliphatic hydroxyl groups excluding tert-OH is 1. The summed E-state index contributed by atoms with van der Waals surface area (Å²) in [5, 5.41) is 22.0. The molecule has 0 saturated carbocycles. The fourth-order valence-corrected chi connectivity index (χ4v) is 2.22. The fourth-order valence-electron chi connectivity index (χ4n) is 2.22. The van der Waals surface area contributed by atoms with E-state index in [-0.39, 0.29) is 24.2 Å². The molecular weight excluding hydrogens is 284 g/mol. The van der Waals surface area contributed by atoms with Gasteiger partial charge < -0.3 is 26.0 Å². The Kier molecular flexibility index (Phi) is 7.70. The second-order valence-electron chi connectivity index (χ2n) is 5.40. The van der Waals surface area contributed by atoms with Crippen LogP contribution in [0.2, 0.25) is 0 Å². The molecule has 0 aliphatic carbocycles. The number of carbonyl (C=O) groups excluding carboxylic acids is 1. The van der Waals surface area contributed by atoms with Crippen LogP contribution < -0.4 is 15.8 Å². The quantitative estimate of drug-likeness (QED) is 0.540. The smallest absolute Gasteiger partial charge is 0.236 e. The first kappa shape index (κ1) is 18.3. The highest BCUT2D eigenvalue weighted by atomic mass is 16.5. The van der Waals surface area contributed by atoms with Crippen LogP contribution in [-0.4, -0.2) is 42.4 Å². The molecule has 124 valence electrons. The first-order valence-electron chi connectivity index (χ1n) is 7.51. The molecule has 6 heteroatoms. The highest BCUT2D eigenvalue weighted by molar-refractivity contribution is 5.81. The molecule has 1 aromatic rings. The Hall–Kier alpha value is -1.79. The van der Waals surface area contributed by atoms with Gasteiger partial charge in [0.25, 0.3) is 0 Å². The maximum absolute atomic E-state index is 11.8. The van der Waals surface area contributed by atoms with Gasteiger partial charge >= 0.3 is 0 Å². The minimum Gasteiger partial charge on any atom is -0.504 e. The number of hydrogen-bond donors (Lipinski definition) is 4. The Balaban J connectivity index is 2.54. The van der Waals surface area contributed by atoms with Crippen LogP contribution in [0.5, 0.6) is 11.5 Å². The minimum atomic E-state index is -0.505. The van der Waals surface area contributed by atoms with Crippen LogP contribution in [0.4, 0.5) is 0 Å². The number of amides is 1. The van der Waals surface area contributed by atoms with Crippen LogP contribution in [0.15, 0.2) is 18.2 Å². The number of aromatic hydroxyl groups is 1. The zero-order chi connectivity index (χ0) is 16.5. The van der Waals surface area contributed by atoms with Crippen molar-refractivity contribution in [3.8, 4) is 11.5 Å². The Morgan fingerprint density at radius 2 is 2.18 bits per heavy atom. The monoisotopic (exact) mass is 310 g/mol. The van der Waals surface area contributed by atoms with Gasteiger partial charge in [0.1, 0.15) is 0 Å². The Bertz CT molecular complexity index is 479. The number of ether oxygens (including phenoxy) is 1. The minimum absolute atomic E-state index is 0.0594. The molecule has 0 bridgehead atoms. The molecule has 0 aliphatic rings. The first-order chi connectivity index (χ1) is 10.5. The van der Waals surface area contributed by atoms with Crippen molar-refractivity contribution in [1.29, 1.82) is 0 Å². The molecule has 1 amide bonds. The van der Waals surface area contributed by atoms with E-state index >= 15 is 0 Å². The van der Waals surface area contributed by atoms with Crippen LogP contribution in [0.1, 0.15) is 25.3 Å². The van der Waals surface area contributed by atoms with Crippen LogP contribution in [-0.2, 0) is 11.2 Å². The lowest BCUT2D eigenvalue weighted by molar-refractivity contribution is -0.122. The second kappa shape index (κ2) is 9.27. The van der Waals surface area contributed by atoms with Crippen molar-refractivity contribution in [1.82, 2.24) is 5.32 Å². The molecule has 0 aliphatic heterocycles. The van der Waals surface area contributed by atoms with Gasteiger partial charge in [0.2, 0.25) is 5.91 Å². The largest absolute Gasteiger partial charge is 0.504 e. The average molecular weight is 310 g/mol. The number of rotatable bonds is 9. The van der Waals surface area contributed by atoms with Gasteiger partial charge in [0.15, 0.2) is 11.5 Å². The summed E-state index contributed by atoms with van der Waals surface area (Å²) in [6.07, 6.45) is 2.03. The van der Waals surface area contributed by atoms with Crippen molar-refractivity contribution < 1.29 is 19.7 Å². The molecule has 0 radical (unpaired) electrons. The topological polar surface area (TPSA) is 105 Å². The van der Waals surface area contributed by atoms with Crippen molar-refractivity contribution in [2.75, 3.05) is 20.3 Å². The van der Waals surface area contributed by atoms with Gasteiger partial charge in [-0.3, -0.25) is 4.79 Å². The zero-order valence-electron chi connectivity index (χ0n) is 13.2. The van der Waals surface area contributed by atoms with E-state index in [0.717, 1.165) is 12.0 Å². The number of benzene rings is 1. The highest BCUT2D eigenvalue weighted by Crippen LogP contribution is 2.27. The molecule has 0 heterocycles. The van der Waals surface area contributed by atoms with Gasteiger partial charge in [-0.15, -0.1) is 0 Å². The molecule has 0 spiro atoms. The van der Waals surface area contributed by atoms with E-state index in [1.165, 1.54) is 7.11 Å². The average Bonchev–Trinajstić information content (AvgIpc) is 2.51. The number of aliphatic hydroxyl groups is 1. The summed E-state index contributed by atoms with van der Waals surface area (Å²) in [6, 6.07) is 4.60. The maximum atomic E-state index is 11.8. The third-order valence-corrected chi connectivity index (χ3v) is 3.53. The molecule has 0 aromatic heterocycles. The number of phenols is 1. The summed E-state index contributed by atoms with van der Waals surface area (Å²) in [7, 11) is 1.49. The lowest BCUT2D eigenvalue weighted by Crippen LogP contribution is -2.43. The van der Waals surface area contributed by atoms with E-state index in [2.05, 4.69) is 5.32 Å². The Labute approximate surface area is 131 Å². The predicted molar refractivity (Wildman–Crippen MR) is 84.8 cm³/mol. The summed E-state index contributed by atoms with van der Waals surface area (Å²) in [5.41, 5.74) is 6.60. The number of carbonyl (C=O) groups is 1. The Morgan fingerprint density at radius 1 is 1.45 bits per heavy atom. The number of hydrogen-bond acceptors (Lipinski definition) is 5. The molecule has 2 atom stereocenters. The van der Waals surface area contributed by atoms with Gasteiger partial charge in [-0.2, -0.15) is 0 Å². The molecule has 6 nitrogen and oxygen atoms in total. The molecule has 0 saturated heterocycles. The fraction of sp³-hybridized carbons (Fsp3) is 0.562. The lowest BCUT2D eigenvalue weighted by atomic mass is 9.99. The first-order valence-corrected chi connectivity index (χ1v) is 7.51. The normalized spacial score (nSPS) is 13.5. The standard InChI is InChI=1S/C16H26N2O4/c1-3-4-13(17)16(21)18-9-12(10-19)7-11-5-6-15(22-2)14(20)8-11/h5-6,8,12-13,19-20H,3-4,7,9-10,17H2,1-2H3,(H,18,21). The number of nitrogens with one attached hydrogen (secondary N) is 1. The van der Waals surface area contributed by atoms with E-state index in [4.69, 9.17) is 10.5 Å². The van der Waals surface area contributed by atoms with E-state index in [1.54, 1.807) is 12.1 Å². The molecule has 2 unspecified atom stereocenters. The molecular formula is C16H26N2O4. The van der Waals surface area contributed by atoms with Crippen LogP contribution in [0.25, 0.3) is 0 Å². The van der Waals surface area contributed by atoms with E-state index in [0.29, 0.717) is 25.1 Å². The second-order valence-corrected chi connectivity index (χ2v) is 5.40. The van der Waals surface area contributed by atoms with Crippen molar-refractivity contribution in [3.63, 3.8) is 0 Å². The molecule has 0 fully saturated rings. The summed E-state index contributed by atoms with van der Waals surface area (Å²) in [4.78, 5) is 11.8. The van der Waals surface area contributed by atoms with E-state index in [1.807, 2.05) is 13.0 Å². The summed E-state index contributed by atoms with van der Waals surface area (Å²) in [5.74, 6) is 0.136. The van der Waals surface area contributed by atoms with Gasteiger partial charge in [-0.25, -0.2) is 0 Å². The SMILES string of the molecule is CCCC(N)C(=O)NCC(CO)Cc1ccc(OC)c(O)c1. The third-order valence-electron chi connectivity index (χ3n) is 3.53. The van der Waals surface area contributed by atoms with Gasteiger partial charge in [0.05, 0.1) is 13.2 Å². The lowest BCUT2D eigenvalue weighted by Gasteiger charge is -2.17. The van der Waals surface area contributed by atoms with E-state index < -0.39 is 6.04 Å². The summed E-state index contributed by atoms with van der Waals surface area (Å²) < 4.78 is 4.99. The summed E-state index contributed by atoms with van der Waals surface area (Å²) >= 11 is 0. The van der Waals surface area contributed by atoms with Gasteiger partial charge in [-0.1, -0.05) is 19.4 Å². The number of phenolic OH excluding ortho intramolecular Hbond substituents is 1. The van der Waals surface area contributed by atoms with Crippen molar-refractivity contribution in [2.24, 2.45) is 11.7 Å². The van der Waals surface area contributed by atoms with Crippen LogP contribution >= 0.6 is 0 Å². The Morgan fingerprint density at radius 3 is 2.73 bits per heavy atom. The summed E-state index contributed by atoms with van der Waals surface area (Å²) in [6.45, 7) is 2.26. The highest BCUT2D eigenvalue weighted by Gasteiger charge is 2.15. The molecule has 22 heavy (non-hydrogen) atoms. The number of nitrogens with two attached hydrogens (primary N) is 1. The molecule has 1 rings (SSSR count). The maximum Gasteiger partial charge on any atom is 0.236 e. The zero-order valence-corrected chi connectivity index (χ0v) is 13.2. The van der Waals surface area contributed by atoms with E-state index in [9.17, 15) is 15.0 Å². The molecule has 5 N–H and O–H groups in total. The van der Waals surface area contributed by atoms with Gasteiger partial charge in [-0.05, 0) is 30.5 Å².